The monoisotopic (exact) mass is 407 g/mol. The Hall–Kier alpha value is -3.72. The molecule has 0 bridgehead atoms. The van der Waals surface area contributed by atoms with E-state index in [1.165, 1.54) is 6.20 Å². The summed E-state index contributed by atoms with van der Waals surface area (Å²) >= 11 is 0. The van der Waals surface area contributed by atoms with Crippen molar-refractivity contribution in [1.29, 1.82) is 0 Å². The van der Waals surface area contributed by atoms with Gasteiger partial charge in [-0.15, -0.1) is 0 Å². The van der Waals surface area contributed by atoms with Crippen LogP contribution in [0.3, 0.4) is 0 Å². The van der Waals surface area contributed by atoms with Crippen LogP contribution in [0.4, 0.5) is 5.69 Å². The third-order valence-corrected chi connectivity index (χ3v) is 4.59. The van der Waals surface area contributed by atoms with E-state index in [1.807, 2.05) is 38.4 Å². The Morgan fingerprint density at radius 1 is 1.07 bits per heavy atom. The molecule has 0 fully saturated rings. The molecule has 0 aliphatic carbocycles. The van der Waals surface area contributed by atoms with E-state index in [0.29, 0.717) is 16.7 Å². The minimum absolute atomic E-state index is 0.0708. The average molecular weight is 407 g/mol. The van der Waals surface area contributed by atoms with Crippen LogP contribution in [0, 0.1) is 0 Å². The van der Waals surface area contributed by atoms with E-state index in [1.54, 1.807) is 11.7 Å². The highest BCUT2D eigenvalue weighted by atomic mass is 16.6. The van der Waals surface area contributed by atoms with Crippen LogP contribution in [0.2, 0.25) is 0 Å². The number of pyridine rings is 1. The molecule has 0 saturated heterocycles. The normalized spacial score (nSPS) is 14.7. The van der Waals surface area contributed by atoms with Crippen molar-refractivity contribution < 1.29 is 19.1 Å². The summed E-state index contributed by atoms with van der Waals surface area (Å²) in [4.78, 5) is 30.3. The number of nitrogens with zero attached hydrogens (tertiary/aromatic N) is 4. The van der Waals surface area contributed by atoms with E-state index in [-0.39, 0.29) is 11.5 Å². The number of aromatic nitrogens is 3. The van der Waals surface area contributed by atoms with Gasteiger partial charge in [0.15, 0.2) is 17.1 Å². The van der Waals surface area contributed by atoms with Crippen LogP contribution >= 0.6 is 0 Å². The zero-order valence-corrected chi connectivity index (χ0v) is 16.9. The van der Waals surface area contributed by atoms with E-state index in [9.17, 15) is 9.59 Å². The van der Waals surface area contributed by atoms with Gasteiger partial charge in [0.25, 0.3) is 0 Å². The topological polar surface area (TPSA) is 98.6 Å². The van der Waals surface area contributed by atoms with Crippen molar-refractivity contribution in [2.24, 2.45) is 7.05 Å². The minimum atomic E-state index is -0.673. The highest BCUT2D eigenvalue weighted by molar-refractivity contribution is 6.02. The molecule has 1 aliphatic heterocycles. The number of esters is 2. The molecule has 0 spiro atoms. The van der Waals surface area contributed by atoms with Crippen molar-refractivity contribution in [3.8, 4) is 22.8 Å². The number of ether oxygens (including phenoxy) is 2. The molecule has 0 saturated carbocycles. The number of rotatable bonds is 5. The number of hydrogen-bond acceptors (Lipinski definition) is 8. The third-order valence-electron chi connectivity index (χ3n) is 4.59. The van der Waals surface area contributed by atoms with Gasteiger partial charge in [0.1, 0.15) is 5.69 Å². The number of nitrogens with one attached hydrogen (secondary N) is 1. The molecular weight excluding hydrogens is 386 g/mol. The number of hydrogen-bond donors (Lipinski definition) is 1. The molecule has 154 valence electrons. The quantitative estimate of drug-likeness (QED) is 0.641. The second kappa shape index (κ2) is 7.96. The van der Waals surface area contributed by atoms with Gasteiger partial charge in [0.2, 0.25) is 0 Å². The fourth-order valence-corrected chi connectivity index (χ4v) is 3.13. The standard InChI is InChI=1S/C21H21N5O4/c1-25(2)11-10-22-14-6-4-13(5-7-14)19-18-20-15(12-23-21(18)26(3)24-19)29-16(27)8-9-17(28)30-20/h4-9,12,22H,10-11H2,1-3H3/b9-8-. The van der Waals surface area contributed by atoms with Crippen molar-refractivity contribution in [2.45, 2.75) is 0 Å². The smallest absolute Gasteiger partial charge is 0.336 e. The highest BCUT2D eigenvalue weighted by Crippen LogP contribution is 2.40. The van der Waals surface area contributed by atoms with Gasteiger partial charge in [-0.3, -0.25) is 0 Å². The largest absolute Gasteiger partial charge is 0.418 e. The van der Waals surface area contributed by atoms with Crippen LogP contribution in [0.25, 0.3) is 22.3 Å². The summed E-state index contributed by atoms with van der Waals surface area (Å²) in [6.07, 6.45) is 3.40. The number of anilines is 1. The first-order chi connectivity index (χ1) is 14.4. The maximum absolute atomic E-state index is 12.1. The van der Waals surface area contributed by atoms with Gasteiger partial charge in [-0.05, 0) is 26.2 Å². The predicted octanol–water partition coefficient (Wildman–Crippen LogP) is 1.99. The SMILES string of the molecule is CN(C)CCNc1ccc(-c2nn(C)c3ncc4c(c23)OC(=O)/C=C\C(=O)O4)cc1. The van der Waals surface area contributed by atoms with Gasteiger partial charge in [-0.1, -0.05) is 12.1 Å². The summed E-state index contributed by atoms with van der Waals surface area (Å²) in [6, 6.07) is 7.77. The van der Waals surface area contributed by atoms with Crippen molar-refractivity contribution in [3.63, 3.8) is 0 Å². The molecule has 1 aliphatic rings. The van der Waals surface area contributed by atoms with Crippen LogP contribution in [-0.2, 0) is 16.6 Å². The lowest BCUT2D eigenvalue weighted by Gasteiger charge is -2.13. The number of benzene rings is 1. The Morgan fingerprint density at radius 3 is 2.47 bits per heavy atom. The zero-order valence-electron chi connectivity index (χ0n) is 16.9. The van der Waals surface area contributed by atoms with Crippen LogP contribution in [0.15, 0.2) is 42.6 Å². The van der Waals surface area contributed by atoms with Gasteiger partial charge in [0, 0.05) is 43.5 Å². The molecule has 0 atom stereocenters. The second-order valence-electron chi connectivity index (χ2n) is 7.11. The van der Waals surface area contributed by atoms with Crippen molar-refractivity contribution in [1.82, 2.24) is 19.7 Å². The number of aryl methyl sites for hydroxylation is 1. The summed E-state index contributed by atoms with van der Waals surface area (Å²) < 4.78 is 12.3. The van der Waals surface area contributed by atoms with E-state index in [4.69, 9.17) is 9.47 Å². The Morgan fingerprint density at radius 2 is 1.77 bits per heavy atom. The van der Waals surface area contributed by atoms with E-state index in [0.717, 1.165) is 36.5 Å². The summed E-state index contributed by atoms with van der Waals surface area (Å²) in [5.74, 6) is -1.15. The first-order valence-corrected chi connectivity index (χ1v) is 9.39. The molecule has 9 heteroatoms. The van der Waals surface area contributed by atoms with Gasteiger partial charge >= 0.3 is 11.9 Å². The van der Waals surface area contributed by atoms with Crippen LogP contribution in [0.1, 0.15) is 0 Å². The van der Waals surface area contributed by atoms with E-state index < -0.39 is 11.9 Å². The predicted molar refractivity (Wildman–Crippen MR) is 111 cm³/mol. The maximum Gasteiger partial charge on any atom is 0.336 e. The number of likely N-dealkylation sites (N-methyl/N-ethyl adjacent to an activating group) is 1. The van der Waals surface area contributed by atoms with Crippen molar-refractivity contribution >= 4 is 28.7 Å². The number of carbonyl (C=O) groups is 2. The molecule has 9 nitrogen and oxygen atoms in total. The molecule has 4 rings (SSSR count). The first kappa shape index (κ1) is 19.6. The Bertz CT molecular complexity index is 1150. The van der Waals surface area contributed by atoms with Crippen LogP contribution < -0.4 is 14.8 Å². The molecule has 2 aromatic heterocycles. The van der Waals surface area contributed by atoms with Crippen LogP contribution in [0.5, 0.6) is 11.5 Å². The molecule has 1 N–H and O–H groups in total. The third kappa shape index (κ3) is 3.87. The Kier molecular flexibility index (Phi) is 5.20. The zero-order chi connectivity index (χ0) is 21.3. The lowest BCUT2D eigenvalue weighted by molar-refractivity contribution is -0.133. The van der Waals surface area contributed by atoms with Crippen LogP contribution in [-0.4, -0.2) is 58.8 Å². The maximum atomic E-state index is 12.1. The minimum Gasteiger partial charge on any atom is -0.418 e. The van der Waals surface area contributed by atoms with Gasteiger partial charge in [0.05, 0.1) is 11.6 Å². The summed E-state index contributed by atoms with van der Waals surface area (Å²) in [5, 5.41) is 8.42. The van der Waals surface area contributed by atoms with Crippen molar-refractivity contribution in [2.75, 3.05) is 32.5 Å². The highest BCUT2D eigenvalue weighted by Gasteiger charge is 2.25. The molecule has 0 amide bonds. The van der Waals surface area contributed by atoms with Gasteiger partial charge in [-0.2, -0.15) is 5.10 Å². The molecular formula is C21H21N5O4. The summed E-state index contributed by atoms with van der Waals surface area (Å²) in [7, 11) is 5.80. The summed E-state index contributed by atoms with van der Waals surface area (Å²) in [5.41, 5.74) is 2.88. The summed E-state index contributed by atoms with van der Waals surface area (Å²) in [6.45, 7) is 1.74. The van der Waals surface area contributed by atoms with E-state index in [2.05, 4.69) is 20.3 Å². The first-order valence-electron chi connectivity index (χ1n) is 9.39. The number of carbonyl (C=O) groups excluding carboxylic acids is 2. The Labute approximate surface area is 172 Å². The van der Waals surface area contributed by atoms with Crippen molar-refractivity contribution in [3.05, 3.63) is 42.6 Å². The molecule has 0 radical (unpaired) electrons. The second-order valence-corrected chi connectivity index (χ2v) is 7.11. The average Bonchev–Trinajstić information content (AvgIpc) is 3.04. The molecule has 1 aromatic carbocycles. The fraction of sp³-hybridized carbons (Fsp3) is 0.238. The van der Waals surface area contributed by atoms with E-state index >= 15 is 0 Å². The van der Waals surface area contributed by atoms with Gasteiger partial charge in [-0.25, -0.2) is 19.3 Å². The molecule has 3 heterocycles. The number of fused-ring (bicyclic) bond motifs is 3. The molecule has 3 aromatic rings. The fourth-order valence-electron chi connectivity index (χ4n) is 3.13. The molecule has 0 unspecified atom stereocenters. The van der Waals surface area contributed by atoms with Gasteiger partial charge < -0.3 is 19.7 Å². The molecule has 30 heavy (non-hydrogen) atoms. The lowest BCUT2D eigenvalue weighted by atomic mass is 10.1. The lowest BCUT2D eigenvalue weighted by Crippen LogP contribution is -2.20. The Balaban J connectivity index is 1.75.